The quantitative estimate of drug-likeness (QED) is 0.656. The van der Waals surface area contributed by atoms with Crippen molar-refractivity contribution in [3.05, 3.63) is 24.3 Å². The van der Waals surface area contributed by atoms with Gasteiger partial charge in [-0.15, -0.1) is 0 Å². The highest BCUT2D eigenvalue weighted by molar-refractivity contribution is 4.88. The highest BCUT2D eigenvalue weighted by Gasteiger charge is 1.98. The molecule has 1 atom stereocenters. The molecule has 66 valence electrons. The van der Waals surface area contributed by atoms with Crippen molar-refractivity contribution in [1.82, 2.24) is 15.3 Å². The second-order valence-electron chi connectivity index (χ2n) is 2.68. The highest BCUT2D eigenvalue weighted by Crippen LogP contribution is 1.87. The molecule has 4 nitrogen and oxygen atoms in total. The van der Waals surface area contributed by atoms with Gasteiger partial charge in [0.2, 0.25) is 0 Å². The molecule has 0 spiro atoms. The number of hydrogen-bond acceptors (Lipinski definition) is 4. The van der Waals surface area contributed by atoms with Gasteiger partial charge in [-0.1, -0.05) is 0 Å². The Morgan fingerprint density at radius 2 is 2.17 bits per heavy atom. The minimum absolute atomic E-state index is 0.314. The maximum atomic E-state index is 5.43. The molecule has 0 fully saturated rings. The second kappa shape index (κ2) is 4.79. The zero-order valence-electron chi connectivity index (χ0n) is 7.20. The normalized spacial score (nSPS) is 12.8. The van der Waals surface area contributed by atoms with Crippen molar-refractivity contribution in [2.75, 3.05) is 6.54 Å². The van der Waals surface area contributed by atoms with Gasteiger partial charge in [0.1, 0.15) is 5.82 Å². The van der Waals surface area contributed by atoms with Crippen molar-refractivity contribution < 1.29 is 0 Å². The van der Waals surface area contributed by atoms with Crippen molar-refractivity contribution in [3.8, 4) is 0 Å². The van der Waals surface area contributed by atoms with Crippen LogP contribution in [0, 0.1) is 0 Å². The summed E-state index contributed by atoms with van der Waals surface area (Å²) in [4.78, 5) is 8.14. The van der Waals surface area contributed by atoms with Gasteiger partial charge in [-0.05, 0) is 13.0 Å². The second-order valence-corrected chi connectivity index (χ2v) is 2.68. The van der Waals surface area contributed by atoms with Gasteiger partial charge >= 0.3 is 0 Å². The summed E-state index contributed by atoms with van der Waals surface area (Å²) in [5, 5.41) is 3.20. The van der Waals surface area contributed by atoms with Crippen LogP contribution >= 0.6 is 0 Å². The van der Waals surface area contributed by atoms with Gasteiger partial charge in [-0.3, -0.25) is 0 Å². The van der Waals surface area contributed by atoms with Crippen molar-refractivity contribution in [2.45, 2.75) is 19.5 Å². The molecule has 4 heteroatoms. The molecule has 0 aliphatic carbocycles. The molecule has 0 unspecified atom stereocenters. The summed E-state index contributed by atoms with van der Waals surface area (Å²) < 4.78 is 0. The van der Waals surface area contributed by atoms with E-state index in [1.54, 1.807) is 18.5 Å². The minimum atomic E-state index is 0.314. The van der Waals surface area contributed by atoms with Gasteiger partial charge in [0.05, 0.1) is 6.54 Å². The lowest BCUT2D eigenvalue weighted by Crippen LogP contribution is -2.33. The summed E-state index contributed by atoms with van der Waals surface area (Å²) in [6.45, 7) is 3.34. The van der Waals surface area contributed by atoms with Crippen LogP contribution < -0.4 is 11.1 Å². The molecule has 1 heterocycles. The van der Waals surface area contributed by atoms with E-state index in [0.29, 0.717) is 19.1 Å². The first kappa shape index (κ1) is 9.09. The first-order valence-electron chi connectivity index (χ1n) is 4.02. The van der Waals surface area contributed by atoms with E-state index in [2.05, 4.69) is 15.3 Å². The Morgan fingerprint density at radius 3 is 2.75 bits per heavy atom. The van der Waals surface area contributed by atoms with Crippen LogP contribution in [0.25, 0.3) is 0 Å². The van der Waals surface area contributed by atoms with Crippen LogP contribution in [0.5, 0.6) is 0 Å². The lowest BCUT2D eigenvalue weighted by atomic mass is 10.3. The third-order valence-electron chi connectivity index (χ3n) is 1.58. The molecule has 0 saturated carbocycles. The van der Waals surface area contributed by atoms with E-state index in [-0.39, 0.29) is 0 Å². The largest absolute Gasteiger partial charge is 0.329 e. The lowest BCUT2D eigenvalue weighted by Gasteiger charge is -2.09. The summed E-state index contributed by atoms with van der Waals surface area (Å²) in [7, 11) is 0. The van der Waals surface area contributed by atoms with Gasteiger partial charge < -0.3 is 11.1 Å². The maximum Gasteiger partial charge on any atom is 0.141 e. The Bertz CT molecular complexity index is 212. The standard InChI is InChI=1S/C8H14N4/c1-7(5-9)12-6-8-10-3-2-4-11-8/h2-4,7,12H,5-6,9H2,1H3/t7-/m0/s1. The monoisotopic (exact) mass is 166 g/mol. The van der Waals surface area contributed by atoms with Crippen molar-refractivity contribution >= 4 is 0 Å². The van der Waals surface area contributed by atoms with Crippen LogP contribution in [0.3, 0.4) is 0 Å². The van der Waals surface area contributed by atoms with E-state index in [9.17, 15) is 0 Å². The van der Waals surface area contributed by atoms with E-state index < -0.39 is 0 Å². The molecule has 0 radical (unpaired) electrons. The molecule has 1 aromatic heterocycles. The van der Waals surface area contributed by atoms with Crippen LogP contribution in [-0.4, -0.2) is 22.6 Å². The number of nitrogens with one attached hydrogen (secondary N) is 1. The minimum Gasteiger partial charge on any atom is -0.329 e. The number of hydrogen-bond donors (Lipinski definition) is 2. The predicted octanol–water partition coefficient (Wildman–Crippen LogP) is -0.0866. The van der Waals surface area contributed by atoms with Crippen LogP contribution in [-0.2, 0) is 6.54 Å². The summed E-state index contributed by atoms with van der Waals surface area (Å²) >= 11 is 0. The average Bonchev–Trinajstić information content (AvgIpc) is 2.16. The molecule has 0 aliphatic rings. The third-order valence-corrected chi connectivity index (χ3v) is 1.58. The Labute approximate surface area is 72.2 Å². The van der Waals surface area contributed by atoms with Gasteiger partial charge in [0.15, 0.2) is 0 Å². The molecule has 0 saturated heterocycles. The van der Waals surface area contributed by atoms with Crippen molar-refractivity contribution in [1.29, 1.82) is 0 Å². The third kappa shape index (κ3) is 2.94. The van der Waals surface area contributed by atoms with Crippen LogP contribution in [0.2, 0.25) is 0 Å². The van der Waals surface area contributed by atoms with Crippen LogP contribution in [0.15, 0.2) is 18.5 Å². The SMILES string of the molecule is C[C@@H](CN)NCc1ncccn1. The molecule has 0 bridgehead atoms. The predicted molar refractivity (Wildman–Crippen MR) is 47.4 cm³/mol. The first-order chi connectivity index (χ1) is 5.83. The fourth-order valence-electron chi connectivity index (χ4n) is 0.770. The molecule has 1 rings (SSSR count). The lowest BCUT2D eigenvalue weighted by molar-refractivity contribution is 0.543. The van der Waals surface area contributed by atoms with Gasteiger partial charge in [0.25, 0.3) is 0 Å². The first-order valence-corrected chi connectivity index (χ1v) is 4.02. The summed E-state index contributed by atoms with van der Waals surface area (Å²) in [6, 6.07) is 2.12. The number of nitrogens with zero attached hydrogens (tertiary/aromatic N) is 2. The average molecular weight is 166 g/mol. The zero-order chi connectivity index (χ0) is 8.81. The Hall–Kier alpha value is -1.00. The number of nitrogens with two attached hydrogens (primary N) is 1. The molecule has 12 heavy (non-hydrogen) atoms. The fourth-order valence-corrected chi connectivity index (χ4v) is 0.770. The van der Waals surface area contributed by atoms with E-state index in [1.807, 2.05) is 6.92 Å². The zero-order valence-corrected chi connectivity index (χ0v) is 7.20. The summed E-state index contributed by atoms with van der Waals surface area (Å²) in [5.41, 5.74) is 5.43. The Kier molecular flexibility index (Phi) is 3.63. The van der Waals surface area contributed by atoms with Crippen molar-refractivity contribution in [2.24, 2.45) is 5.73 Å². The molecule has 0 aliphatic heterocycles. The Balaban J connectivity index is 2.33. The number of rotatable bonds is 4. The molecule has 1 aromatic rings. The van der Waals surface area contributed by atoms with E-state index in [1.165, 1.54) is 0 Å². The molecule has 0 amide bonds. The Morgan fingerprint density at radius 1 is 1.50 bits per heavy atom. The fraction of sp³-hybridized carbons (Fsp3) is 0.500. The molecule has 3 N–H and O–H groups in total. The molecular formula is C8H14N4. The van der Waals surface area contributed by atoms with E-state index in [0.717, 1.165) is 5.82 Å². The van der Waals surface area contributed by atoms with E-state index >= 15 is 0 Å². The van der Waals surface area contributed by atoms with Crippen LogP contribution in [0.1, 0.15) is 12.7 Å². The van der Waals surface area contributed by atoms with Gasteiger partial charge in [0, 0.05) is 25.0 Å². The van der Waals surface area contributed by atoms with E-state index in [4.69, 9.17) is 5.73 Å². The number of aromatic nitrogens is 2. The summed E-state index contributed by atoms with van der Waals surface area (Å²) in [5.74, 6) is 0.804. The molecule has 0 aromatic carbocycles. The smallest absolute Gasteiger partial charge is 0.141 e. The van der Waals surface area contributed by atoms with Gasteiger partial charge in [-0.25, -0.2) is 9.97 Å². The molecular weight excluding hydrogens is 152 g/mol. The van der Waals surface area contributed by atoms with Crippen LogP contribution in [0.4, 0.5) is 0 Å². The van der Waals surface area contributed by atoms with Gasteiger partial charge in [-0.2, -0.15) is 0 Å². The van der Waals surface area contributed by atoms with Crippen molar-refractivity contribution in [3.63, 3.8) is 0 Å². The topological polar surface area (TPSA) is 63.8 Å². The highest BCUT2D eigenvalue weighted by atomic mass is 15.0. The summed E-state index contributed by atoms with van der Waals surface area (Å²) in [6.07, 6.45) is 3.47. The maximum absolute atomic E-state index is 5.43.